The fourth-order valence-corrected chi connectivity index (χ4v) is 5.50. The van der Waals surface area contributed by atoms with E-state index in [2.05, 4.69) is 5.32 Å². The molecule has 37 heavy (non-hydrogen) atoms. The van der Waals surface area contributed by atoms with Crippen LogP contribution in [0.25, 0.3) is 0 Å². The molecule has 0 bridgehead atoms. The molecule has 0 saturated carbocycles. The van der Waals surface area contributed by atoms with Crippen LogP contribution in [-0.4, -0.2) is 45.4 Å². The second-order valence-electron chi connectivity index (χ2n) is 8.91. The quantitative estimate of drug-likeness (QED) is 0.232. The molecule has 2 heterocycles. The maximum atomic E-state index is 13.7. The highest BCUT2D eigenvalue weighted by Gasteiger charge is 2.26. The predicted octanol–water partition coefficient (Wildman–Crippen LogP) is 5.97. The van der Waals surface area contributed by atoms with Gasteiger partial charge in [-0.1, -0.05) is 49.4 Å². The van der Waals surface area contributed by atoms with Gasteiger partial charge in [-0.3, -0.25) is 9.59 Å². The first-order valence-electron chi connectivity index (χ1n) is 12.6. The molecule has 2 aromatic heterocycles. The normalized spacial score (nSPS) is 11.6. The average molecular weight is 542 g/mol. The Morgan fingerprint density at radius 2 is 1.51 bits per heavy atom. The largest absolute Gasteiger partial charge is 0.465 e. The van der Waals surface area contributed by atoms with Crippen molar-refractivity contribution in [3.8, 4) is 0 Å². The maximum Gasteiger partial charge on any atom is 0.407 e. The van der Waals surface area contributed by atoms with E-state index in [1.165, 1.54) is 4.90 Å². The van der Waals surface area contributed by atoms with Gasteiger partial charge in [0, 0.05) is 29.3 Å². The molecule has 1 aromatic carbocycles. The topological polar surface area (TPSA) is 90.0 Å². The molecule has 0 aliphatic rings. The van der Waals surface area contributed by atoms with Crippen molar-refractivity contribution < 1.29 is 19.5 Å². The SMILES string of the molecule is CCCC(=O)NC(CCCCN(Cc1ccccc1)C(=O)O)C(=O)N(Cc1cccs1)Cc1cccs1. The fraction of sp³-hybridized carbons (Fsp3) is 0.393. The minimum atomic E-state index is -0.967. The van der Waals surface area contributed by atoms with Crippen molar-refractivity contribution >= 4 is 40.6 Å². The van der Waals surface area contributed by atoms with Crippen molar-refractivity contribution in [3.63, 3.8) is 0 Å². The Labute approximate surface area is 226 Å². The number of nitrogens with zero attached hydrogens (tertiary/aromatic N) is 2. The van der Waals surface area contributed by atoms with E-state index in [1.54, 1.807) is 22.7 Å². The van der Waals surface area contributed by atoms with Gasteiger partial charge in [0.1, 0.15) is 6.04 Å². The van der Waals surface area contributed by atoms with Gasteiger partial charge >= 0.3 is 6.09 Å². The first-order chi connectivity index (χ1) is 18.0. The number of carbonyl (C=O) groups excluding carboxylic acids is 2. The lowest BCUT2D eigenvalue weighted by Gasteiger charge is -2.28. The maximum absolute atomic E-state index is 13.7. The minimum Gasteiger partial charge on any atom is -0.465 e. The van der Waals surface area contributed by atoms with E-state index in [0.29, 0.717) is 58.3 Å². The summed E-state index contributed by atoms with van der Waals surface area (Å²) < 4.78 is 0. The molecule has 0 aliphatic heterocycles. The monoisotopic (exact) mass is 541 g/mol. The molecule has 9 heteroatoms. The van der Waals surface area contributed by atoms with E-state index in [9.17, 15) is 19.5 Å². The van der Waals surface area contributed by atoms with Gasteiger partial charge in [-0.2, -0.15) is 0 Å². The Balaban J connectivity index is 1.64. The summed E-state index contributed by atoms with van der Waals surface area (Å²) in [7, 11) is 0. The molecule has 1 atom stereocenters. The molecule has 0 spiro atoms. The molecular formula is C28H35N3O4S2. The lowest BCUT2D eigenvalue weighted by molar-refractivity contribution is -0.137. The van der Waals surface area contributed by atoms with E-state index in [4.69, 9.17) is 0 Å². The van der Waals surface area contributed by atoms with Crippen molar-refractivity contribution in [2.24, 2.45) is 0 Å². The number of thiophene rings is 2. The lowest BCUT2D eigenvalue weighted by Crippen LogP contribution is -2.48. The van der Waals surface area contributed by atoms with Crippen molar-refractivity contribution in [1.82, 2.24) is 15.1 Å². The third-order valence-corrected chi connectivity index (χ3v) is 7.66. The number of carboxylic acid groups (broad SMARTS) is 1. The van der Waals surface area contributed by atoms with Gasteiger partial charge in [0.05, 0.1) is 13.1 Å². The molecule has 3 rings (SSSR count). The number of unbranched alkanes of at least 4 members (excludes halogenated alkanes) is 1. The van der Waals surface area contributed by atoms with Crippen LogP contribution in [0.15, 0.2) is 65.4 Å². The number of nitrogens with one attached hydrogen (secondary N) is 1. The Kier molecular flexibility index (Phi) is 11.6. The van der Waals surface area contributed by atoms with Crippen LogP contribution in [0.5, 0.6) is 0 Å². The second-order valence-corrected chi connectivity index (χ2v) is 11.0. The predicted molar refractivity (Wildman–Crippen MR) is 148 cm³/mol. The number of carbonyl (C=O) groups is 3. The highest BCUT2D eigenvalue weighted by Crippen LogP contribution is 2.19. The Morgan fingerprint density at radius 3 is 2.05 bits per heavy atom. The van der Waals surface area contributed by atoms with Crippen molar-refractivity contribution in [1.29, 1.82) is 0 Å². The smallest absolute Gasteiger partial charge is 0.407 e. The van der Waals surface area contributed by atoms with Crippen LogP contribution in [0, 0.1) is 0 Å². The highest BCUT2D eigenvalue weighted by atomic mass is 32.1. The summed E-state index contributed by atoms with van der Waals surface area (Å²) >= 11 is 3.21. The number of hydrogen-bond acceptors (Lipinski definition) is 5. The van der Waals surface area contributed by atoms with Gasteiger partial charge in [0.2, 0.25) is 11.8 Å². The number of amides is 3. The van der Waals surface area contributed by atoms with Crippen LogP contribution < -0.4 is 5.32 Å². The molecule has 1 unspecified atom stereocenters. The third-order valence-electron chi connectivity index (χ3n) is 5.93. The Bertz CT molecular complexity index is 1050. The van der Waals surface area contributed by atoms with E-state index >= 15 is 0 Å². The molecule has 3 aromatic rings. The summed E-state index contributed by atoms with van der Waals surface area (Å²) in [6.45, 7) is 3.59. The second kappa shape index (κ2) is 15.2. The zero-order chi connectivity index (χ0) is 26.5. The fourth-order valence-electron chi connectivity index (χ4n) is 4.06. The molecule has 7 nitrogen and oxygen atoms in total. The van der Waals surface area contributed by atoms with Crippen LogP contribution >= 0.6 is 22.7 Å². The van der Waals surface area contributed by atoms with Gasteiger partial charge in [0.15, 0.2) is 0 Å². The van der Waals surface area contributed by atoms with Crippen LogP contribution in [0.1, 0.15) is 54.3 Å². The molecule has 0 aliphatic carbocycles. The van der Waals surface area contributed by atoms with Gasteiger partial charge in [-0.15, -0.1) is 22.7 Å². The van der Waals surface area contributed by atoms with Crippen LogP contribution in [0.2, 0.25) is 0 Å². The molecule has 0 fully saturated rings. The zero-order valence-corrected chi connectivity index (χ0v) is 22.8. The summed E-state index contributed by atoms with van der Waals surface area (Å²) in [5.41, 5.74) is 0.933. The number of rotatable bonds is 15. The Hall–Kier alpha value is -3.17. The average Bonchev–Trinajstić information content (AvgIpc) is 3.59. The van der Waals surface area contributed by atoms with E-state index < -0.39 is 12.1 Å². The van der Waals surface area contributed by atoms with Crippen molar-refractivity contribution in [2.45, 2.75) is 64.7 Å². The molecule has 2 N–H and O–H groups in total. The van der Waals surface area contributed by atoms with Crippen LogP contribution in [0.3, 0.4) is 0 Å². The summed E-state index contributed by atoms with van der Waals surface area (Å²) in [5, 5.41) is 16.6. The van der Waals surface area contributed by atoms with Crippen molar-refractivity contribution in [3.05, 3.63) is 80.7 Å². The van der Waals surface area contributed by atoms with E-state index in [-0.39, 0.29) is 11.8 Å². The van der Waals surface area contributed by atoms with Crippen LogP contribution in [-0.2, 0) is 29.2 Å². The molecule has 198 valence electrons. The first-order valence-corrected chi connectivity index (χ1v) is 14.4. The summed E-state index contributed by atoms with van der Waals surface area (Å²) in [5.74, 6) is -0.241. The number of benzene rings is 1. The Morgan fingerprint density at radius 1 is 0.865 bits per heavy atom. The van der Waals surface area contributed by atoms with Crippen LogP contribution in [0.4, 0.5) is 4.79 Å². The standard InChI is InChI=1S/C28H35N3O4S2/c1-2-10-26(32)29-25(15-6-7-16-30(28(34)35)19-22-11-4-3-5-12-22)27(33)31(20-23-13-8-17-36-23)21-24-14-9-18-37-24/h3-5,8-9,11-14,17-18,25H,2,6-7,10,15-16,19-21H2,1H3,(H,29,32)(H,34,35). The summed E-state index contributed by atoms with van der Waals surface area (Å²) in [4.78, 5) is 43.3. The molecule has 3 amide bonds. The lowest BCUT2D eigenvalue weighted by atomic mass is 10.1. The summed E-state index contributed by atoms with van der Waals surface area (Å²) in [6, 6.07) is 16.8. The molecular weight excluding hydrogens is 506 g/mol. The van der Waals surface area contributed by atoms with Gasteiger partial charge < -0.3 is 20.2 Å². The zero-order valence-electron chi connectivity index (χ0n) is 21.2. The van der Waals surface area contributed by atoms with E-state index in [0.717, 1.165) is 15.3 Å². The third kappa shape index (κ3) is 9.66. The van der Waals surface area contributed by atoms with E-state index in [1.807, 2.05) is 77.2 Å². The van der Waals surface area contributed by atoms with Crippen molar-refractivity contribution in [2.75, 3.05) is 6.54 Å². The first kappa shape index (κ1) is 28.4. The van der Waals surface area contributed by atoms with Gasteiger partial charge in [-0.25, -0.2) is 4.79 Å². The molecule has 0 saturated heterocycles. The van der Waals surface area contributed by atoms with Gasteiger partial charge in [-0.05, 0) is 54.1 Å². The number of hydrogen-bond donors (Lipinski definition) is 2. The summed E-state index contributed by atoms with van der Waals surface area (Å²) in [6.07, 6.45) is 1.77. The molecule has 0 radical (unpaired) electrons. The van der Waals surface area contributed by atoms with Gasteiger partial charge in [0.25, 0.3) is 0 Å². The highest BCUT2D eigenvalue weighted by molar-refractivity contribution is 7.10. The minimum absolute atomic E-state index is 0.106.